The number of benzene rings is 2. The van der Waals surface area contributed by atoms with Crippen molar-refractivity contribution in [3.05, 3.63) is 59.9 Å². The van der Waals surface area contributed by atoms with Crippen LogP contribution in [-0.2, 0) is 24.3 Å². The van der Waals surface area contributed by atoms with E-state index in [0.717, 1.165) is 12.8 Å². The zero-order valence-corrected chi connectivity index (χ0v) is 24.0. The summed E-state index contributed by atoms with van der Waals surface area (Å²) in [5, 5.41) is 27.2. The Balaban J connectivity index is 1.66. The second-order valence-corrected chi connectivity index (χ2v) is 10.9. The molecule has 15 heteroatoms. The molecule has 228 valence electrons. The highest BCUT2D eigenvalue weighted by molar-refractivity contribution is 7.92. The van der Waals surface area contributed by atoms with Crippen molar-refractivity contribution < 1.29 is 37.0 Å². The lowest BCUT2D eigenvalue weighted by Crippen LogP contribution is -2.38. The summed E-state index contributed by atoms with van der Waals surface area (Å²) in [5.41, 5.74) is 1.79. The number of nitrogens with one attached hydrogen (secondary N) is 4. The van der Waals surface area contributed by atoms with E-state index in [1.54, 1.807) is 12.1 Å². The number of anilines is 3. The van der Waals surface area contributed by atoms with Crippen molar-refractivity contribution >= 4 is 50.4 Å². The molecular formula is C28H31FN6O7S. The van der Waals surface area contributed by atoms with Crippen molar-refractivity contribution in [2.24, 2.45) is 11.0 Å². The van der Waals surface area contributed by atoms with E-state index in [1.807, 2.05) is 6.92 Å². The molecule has 2 aromatic carbocycles. The van der Waals surface area contributed by atoms with E-state index in [1.165, 1.54) is 42.5 Å². The largest absolute Gasteiger partial charge is 0.394 e. The summed E-state index contributed by atoms with van der Waals surface area (Å²) in [5.74, 6) is -4.65. The van der Waals surface area contributed by atoms with Gasteiger partial charge in [0.1, 0.15) is 11.6 Å². The summed E-state index contributed by atoms with van der Waals surface area (Å²) in [6.45, 7) is 2.19. The lowest BCUT2D eigenvalue weighted by molar-refractivity contribution is -0.128. The summed E-state index contributed by atoms with van der Waals surface area (Å²) in [7, 11) is -4.01. The highest BCUT2D eigenvalue weighted by atomic mass is 32.2. The maximum absolute atomic E-state index is 14.8. The number of allylic oxidation sites excluding steroid dienone is 2. The minimum absolute atomic E-state index is 0.0166. The molecule has 0 aliphatic heterocycles. The van der Waals surface area contributed by atoms with Crippen LogP contribution >= 0.6 is 0 Å². The zero-order valence-electron chi connectivity index (χ0n) is 23.2. The number of rotatable bonds is 14. The summed E-state index contributed by atoms with van der Waals surface area (Å²) >= 11 is 0. The second-order valence-electron chi connectivity index (χ2n) is 9.22. The molecule has 1 aliphatic carbocycles. The van der Waals surface area contributed by atoms with Gasteiger partial charge in [0.2, 0.25) is 0 Å². The lowest BCUT2D eigenvalue weighted by Gasteiger charge is -2.20. The van der Waals surface area contributed by atoms with Gasteiger partial charge in [-0.05, 0) is 61.4 Å². The SMILES string of the molecule is CCCCNC(=O)Nc1ccc(NS(=O)(=O)c2ccc(NN=C3C(=O)C(CCOCCO)C(=O)C(C#N)=C3F)cc2)cc1. The summed E-state index contributed by atoms with van der Waals surface area (Å²) in [6.07, 6.45) is 1.66. The topological polar surface area (TPSA) is 199 Å². The Labute approximate surface area is 247 Å². The number of nitriles is 1. The molecule has 0 fully saturated rings. The fourth-order valence-electron chi connectivity index (χ4n) is 3.85. The van der Waals surface area contributed by atoms with Crippen LogP contribution in [0.25, 0.3) is 0 Å². The molecule has 0 heterocycles. The van der Waals surface area contributed by atoms with Crippen molar-refractivity contribution in [1.29, 1.82) is 5.26 Å². The van der Waals surface area contributed by atoms with E-state index < -0.39 is 44.6 Å². The molecule has 1 atom stereocenters. The van der Waals surface area contributed by atoms with Gasteiger partial charge in [0, 0.05) is 24.5 Å². The van der Waals surface area contributed by atoms with Gasteiger partial charge in [-0.3, -0.25) is 19.7 Å². The van der Waals surface area contributed by atoms with E-state index in [4.69, 9.17) is 9.84 Å². The predicted octanol–water partition coefficient (Wildman–Crippen LogP) is 3.09. The first-order valence-electron chi connectivity index (χ1n) is 13.3. The monoisotopic (exact) mass is 614 g/mol. The van der Waals surface area contributed by atoms with Crippen molar-refractivity contribution in [1.82, 2.24) is 5.32 Å². The van der Waals surface area contributed by atoms with Crippen LogP contribution in [0, 0.1) is 17.2 Å². The van der Waals surface area contributed by atoms with Crippen LogP contribution in [-0.4, -0.2) is 63.2 Å². The maximum atomic E-state index is 14.8. The number of nitrogens with zero attached hydrogens (tertiary/aromatic N) is 2. The summed E-state index contributed by atoms with van der Waals surface area (Å²) in [6, 6.07) is 12.3. The smallest absolute Gasteiger partial charge is 0.319 e. The van der Waals surface area contributed by atoms with Gasteiger partial charge in [-0.15, -0.1) is 0 Å². The first kappa shape index (κ1) is 32.9. The Morgan fingerprint density at radius 1 is 1.05 bits per heavy atom. The second kappa shape index (κ2) is 15.5. The molecule has 2 amide bonds. The van der Waals surface area contributed by atoms with E-state index in [9.17, 15) is 32.5 Å². The third-order valence-corrected chi connectivity index (χ3v) is 7.51. The van der Waals surface area contributed by atoms with Crippen LogP contribution in [0.1, 0.15) is 26.2 Å². The number of ether oxygens (including phenoxy) is 1. The average molecular weight is 615 g/mol. The van der Waals surface area contributed by atoms with Gasteiger partial charge in [-0.2, -0.15) is 10.4 Å². The lowest BCUT2D eigenvalue weighted by atomic mass is 9.83. The molecule has 43 heavy (non-hydrogen) atoms. The van der Waals surface area contributed by atoms with Gasteiger partial charge in [0.15, 0.2) is 23.1 Å². The number of hydrogen-bond donors (Lipinski definition) is 5. The van der Waals surface area contributed by atoms with Gasteiger partial charge in [-0.25, -0.2) is 17.6 Å². The summed E-state index contributed by atoms with van der Waals surface area (Å²) < 4.78 is 48.0. The Hall–Kier alpha value is -4.65. The average Bonchev–Trinajstić information content (AvgIpc) is 2.98. The highest BCUT2D eigenvalue weighted by Crippen LogP contribution is 2.26. The van der Waals surface area contributed by atoms with Crippen LogP contribution < -0.4 is 20.8 Å². The van der Waals surface area contributed by atoms with Gasteiger partial charge in [0.05, 0.1) is 29.7 Å². The molecule has 0 spiro atoms. The molecule has 0 saturated carbocycles. The Morgan fingerprint density at radius 3 is 2.33 bits per heavy atom. The minimum atomic E-state index is -4.01. The number of halogens is 1. The molecule has 0 aromatic heterocycles. The van der Waals surface area contributed by atoms with E-state index >= 15 is 0 Å². The number of aliphatic hydroxyl groups excluding tert-OH is 1. The molecule has 3 rings (SSSR count). The van der Waals surface area contributed by atoms with E-state index in [2.05, 4.69) is 25.9 Å². The normalized spacial score (nSPS) is 16.1. The fourth-order valence-corrected chi connectivity index (χ4v) is 4.91. The quantitative estimate of drug-likeness (QED) is 0.121. The van der Waals surface area contributed by atoms with E-state index in [0.29, 0.717) is 12.2 Å². The number of amides is 2. The number of hydrazone groups is 1. The fraction of sp³-hybridized carbons (Fsp3) is 0.321. The standard InChI is InChI=1S/C28H31FN6O7S/c1-2-3-13-31-28(39)32-18-4-6-20(7-5-18)35-43(40,41)21-10-8-19(9-11-21)33-34-25-24(29)23(17-30)26(37)22(27(25)38)12-15-42-16-14-36/h4-11,22,33,35-36H,2-3,12-16H2,1H3,(H2,31,32,39). The zero-order chi connectivity index (χ0) is 31.4. The first-order chi connectivity index (χ1) is 20.6. The molecular weight excluding hydrogens is 583 g/mol. The van der Waals surface area contributed by atoms with Crippen LogP contribution in [0.15, 0.2) is 69.9 Å². The summed E-state index contributed by atoms with van der Waals surface area (Å²) in [4.78, 5) is 37.0. The van der Waals surface area contributed by atoms with Gasteiger partial charge >= 0.3 is 6.03 Å². The van der Waals surface area contributed by atoms with E-state index in [-0.39, 0.29) is 48.5 Å². The molecule has 1 unspecified atom stereocenters. The number of carbonyl (C=O) groups excluding carboxylic acids is 3. The molecule has 0 radical (unpaired) electrons. The van der Waals surface area contributed by atoms with Crippen molar-refractivity contribution in [2.75, 3.05) is 41.8 Å². The number of aliphatic hydroxyl groups is 1. The number of unbranched alkanes of at least 4 members (excludes halogenated alkanes) is 1. The molecule has 13 nitrogen and oxygen atoms in total. The predicted molar refractivity (Wildman–Crippen MR) is 156 cm³/mol. The molecule has 2 aromatic rings. The van der Waals surface area contributed by atoms with Crippen LogP contribution in [0.3, 0.4) is 0 Å². The highest BCUT2D eigenvalue weighted by Gasteiger charge is 2.41. The maximum Gasteiger partial charge on any atom is 0.319 e. The van der Waals surface area contributed by atoms with Gasteiger partial charge in [0.25, 0.3) is 10.0 Å². The molecule has 5 N–H and O–H groups in total. The van der Waals surface area contributed by atoms with Crippen LogP contribution in [0.5, 0.6) is 0 Å². The third-order valence-electron chi connectivity index (χ3n) is 6.11. The van der Waals surface area contributed by atoms with Gasteiger partial charge < -0.3 is 20.5 Å². The van der Waals surface area contributed by atoms with Crippen molar-refractivity contribution in [3.63, 3.8) is 0 Å². The van der Waals surface area contributed by atoms with Crippen LogP contribution in [0.4, 0.5) is 26.2 Å². The minimum Gasteiger partial charge on any atom is -0.394 e. The number of Topliss-reactive ketones (excluding diaryl/α,β-unsaturated/α-hetero) is 2. The molecule has 0 bridgehead atoms. The molecule has 0 saturated heterocycles. The Kier molecular flexibility index (Phi) is 11.9. The number of sulfonamides is 1. The van der Waals surface area contributed by atoms with Gasteiger partial charge in [-0.1, -0.05) is 13.3 Å². The Bertz CT molecular complexity index is 1530. The molecule has 1 aliphatic rings. The Morgan fingerprint density at radius 2 is 1.70 bits per heavy atom. The first-order valence-corrected chi connectivity index (χ1v) is 14.8. The van der Waals surface area contributed by atoms with Crippen molar-refractivity contribution in [3.8, 4) is 6.07 Å². The number of hydrogen-bond acceptors (Lipinski definition) is 10. The number of ketones is 2. The number of carbonyl (C=O) groups is 3. The number of urea groups is 1. The van der Waals surface area contributed by atoms with Crippen LogP contribution in [0.2, 0.25) is 0 Å². The third kappa shape index (κ3) is 8.92. The van der Waals surface area contributed by atoms with Crippen molar-refractivity contribution in [2.45, 2.75) is 31.1 Å².